The second kappa shape index (κ2) is 6.71. The van der Waals surface area contributed by atoms with Crippen molar-refractivity contribution >= 4 is 18.1 Å². The number of anilines is 1. The molecule has 0 saturated heterocycles. The van der Waals surface area contributed by atoms with Gasteiger partial charge in [0.1, 0.15) is 5.82 Å². The Balaban J connectivity index is 2.18. The highest BCUT2D eigenvalue weighted by molar-refractivity contribution is 5.85. The minimum absolute atomic E-state index is 0.344. The van der Waals surface area contributed by atoms with Crippen molar-refractivity contribution in [3.05, 3.63) is 68.4 Å². The molecule has 2 aromatic rings. The fraction of sp³-hybridized carbons (Fsp3) is 0.188. The van der Waals surface area contributed by atoms with Crippen LogP contribution in [0.5, 0.6) is 0 Å². The molecule has 0 amide bonds. The second-order valence-corrected chi connectivity index (χ2v) is 4.92. The highest BCUT2D eigenvalue weighted by atomic mass is 16.2. The molecular weight excluding hydrogens is 280 g/mol. The van der Waals surface area contributed by atoms with E-state index in [9.17, 15) is 9.59 Å². The lowest BCUT2D eigenvalue weighted by molar-refractivity contribution is 0.766. The summed E-state index contributed by atoms with van der Waals surface area (Å²) < 4.78 is 1.00. The summed E-state index contributed by atoms with van der Waals surface area (Å²) in [4.78, 5) is 25.7. The van der Waals surface area contributed by atoms with Gasteiger partial charge in [0.25, 0.3) is 5.56 Å². The average Bonchev–Trinajstić information content (AvgIpc) is 2.50. The summed E-state index contributed by atoms with van der Waals surface area (Å²) in [5, 5.41) is 5.67. The number of hydrogen-bond acceptors (Lipinski definition) is 4. The summed E-state index contributed by atoms with van der Waals surface area (Å²) in [7, 11) is 3.08. The Morgan fingerprint density at radius 3 is 2.59 bits per heavy atom. The second-order valence-electron chi connectivity index (χ2n) is 4.92. The number of benzene rings is 1. The Labute approximate surface area is 128 Å². The minimum Gasteiger partial charge on any atom is -0.292 e. The van der Waals surface area contributed by atoms with E-state index in [2.05, 4.69) is 10.1 Å². The van der Waals surface area contributed by atoms with Crippen molar-refractivity contribution in [3.8, 4) is 0 Å². The largest absolute Gasteiger partial charge is 0.329 e. The maximum atomic E-state index is 11.6. The summed E-state index contributed by atoms with van der Waals surface area (Å²) >= 11 is 0. The van der Waals surface area contributed by atoms with Crippen LogP contribution < -0.4 is 16.3 Å². The predicted molar refractivity (Wildman–Crippen MR) is 89.3 cm³/mol. The van der Waals surface area contributed by atoms with Crippen LogP contribution in [0.4, 0.5) is 5.82 Å². The SMILES string of the molecule is CC(/C=N\N(C)c1cc(=O)n(C)c(=O)[nH]1)=C/c1ccccc1. The number of aromatic nitrogens is 2. The summed E-state index contributed by atoms with van der Waals surface area (Å²) in [6.07, 6.45) is 3.66. The quantitative estimate of drug-likeness (QED) is 0.688. The molecule has 0 radical (unpaired) electrons. The van der Waals surface area contributed by atoms with Gasteiger partial charge < -0.3 is 0 Å². The van der Waals surface area contributed by atoms with Crippen molar-refractivity contribution in [2.24, 2.45) is 12.1 Å². The molecule has 0 unspecified atom stereocenters. The smallest absolute Gasteiger partial charge is 0.292 e. The van der Waals surface area contributed by atoms with E-state index in [1.54, 1.807) is 13.3 Å². The number of allylic oxidation sites excluding steroid dienone is 1. The van der Waals surface area contributed by atoms with E-state index in [1.165, 1.54) is 18.1 Å². The van der Waals surface area contributed by atoms with E-state index in [0.29, 0.717) is 5.82 Å². The van der Waals surface area contributed by atoms with Crippen LogP contribution in [-0.2, 0) is 7.05 Å². The molecule has 2 rings (SSSR count). The van der Waals surface area contributed by atoms with E-state index >= 15 is 0 Å². The zero-order valence-corrected chi connectivity index (χ0v) is 12.8. The third-order valence-corrected chi connectivity index (χ3v) is 3.11. The van der Waals surface area contributed by atoms with Crippen molar-refractivity contribution in [1.29, 1.82) is 0 Å². The standard InChI is InChI=1S/C16H18N4O2/c1-12(9-13-7-5-4-6-8-13)11-17-20(3)14-10-15(21)19(2)16(22)18-14/h4-11H,1-3H3,(H,18,22)/b12-9-,17-11-. The topological polar surface area (TPSA) is 70.5 Å². The van der Waals surface area contributed by atoms with Gasteiger partial charge in [0.2, 0.25) is 0 Å². The molecule has 1 aromatic carbocycles. The maximum Gasteiger partial charge on any atom is 0.329 e. The molecule has 6 heteroatoms. The van der Waals surface area contributed by atoms with Crippen molar-refractivity contribution in [2.45, 2.75) is 6.92 Å². The lowest BCUT2D eigenvalue weighted by Crippen LogP contribution is -2.33. The number of aromatic amines is 1. The molecule has 1 N–H and O–H groups in total. The molecule has 0 fully saturated rings. The van der Waals surface area contributed by atoms with Crippen molar-refractivity contribution in [1.82, 2.24) is 9.55 Å². The molecule has 0 aliphatic rings. The van der Waals surface area contributed by atoms with Crippen molar-refractivity contribution in [3.63, 3.8) is 0 Å². The average molecular weight is 298 g/mol. The highest BCUT2D eigenvalue weighted by Crippen LogP contribution is 2.06. The Morgan fingerprint density at radius 1 is 1.27 bits per heavy atom. The van der Waals surface area contributed by atoms with Gasteiger partial charge in [-0.2, -0.15) is 5.10 Å². The van der Waals surface area contributed by atoms with Gasteiger partial charge in [-0.05, 0) is 18.1 Å². The van der Waals surface area contributed by atoms with E-state index < -0.39 is 5.69 Å². The number of hydrazone groups is 1. The zero-order chi connectivity index (χ0) is 16.1. The minimum atomic E-state index is -0.471. The number of nitrogens with zero attached hydrogens (tertiary/aromatic N) is 3. The maximum absolute atomic E-state index is 11.6. The molecule has 114 valence electrons. The molecule has 22 heavy (non-hydrogen) atoms. The van der Waals surface area contributed by atoms with Gasteiger partial charge in [0.15, 0.2) is 0 Å². The number of hydrogen-bond donors (Lipinski definition) is 1. The fourth-order valence-electron chi connectivity index (χ4n) is 1.81. The Kier molecular flexibility index (Phi) is 4.73. The molecule has 0 atom stereocenters. The number of H-pyrrole nitrogens is 1. The van der Waals surface area contributed by atoms with Gasteiger partial charge in [0, 0.05) is 20.2 Å². The Hall–Kier alpha value is -2.89. The van der Waals surface area contributed by atoms with Crippen LogP contribution >= 0.6 is 0 Å². The molecule has 0 aliphatic heterocycles. The molecule has 0 saturated carbocycles. The Morgan fingerprint density at radius 2 is 1.95 bits per heavy atom. The van der Waals surface area contributed by atoms with Crippen LogP contribution in [0.15, 0.2) is 56.7 Å². The summed E-state index contributed by atoms with van der Waals surface area (Å²) in [5.41, 5.74) is 1.18. The first kappa shape index (κ1) is 15.5. The molecule has 0 bridgehead atoms. The van der Waals surface area contributed by atoms with Crippen LogP contribution in [0.1, 0.15) is 12.5 Å². The van der Waals surface area contributed by atoms with Gasteiger partial charge in [-0.25, -0.2) is 4.79 Å². The van der Waals surface area contributed by atoms with Gasteiger partial charge in [0.05, 0.1) is 6.21 Å². The molecule has 0 aliphatic carbocycles. The van der Waals surface area contributed by atoms with E-state index in [1.807, 2.05) is 43.3 Å². The first-order valence-electron chi connectivity index (χ1n) is 6.79. The normalized spacial score (nSPS) is 11.9. The van der Waals surface area contributed by atoms with Crippen LogP contribution in [0.25, 0.3) is 6.08 Å². The lowest BCUT2D eigenvalue weighted by atomic mass is 10.1. The molecular formula is C16H18N4O2. The molecule has 1 aromatic heterocycles. The number of rotatable bonds is 4. The van der Waals surface area contributed by atoms with Crippen molar-refractivity contribution < 1.29 is 0 Å². The molecule has 0 spiro atoms. The predicted octanol–water partition coefficient (Wildman–Crippen LogP) is 1.60. The molecule has 6 nitrogen and oxygen atoms in total. The van der Waals surface area contributed by atoms with Crippen molar-refractivity contribution in [2.75, 3.05) is 12.1 Å². The summed E-state index contributed by atoms with van der Waals surface area (Å²) in [6.45, 7) is 1.93. The third-order valence-electron chi connectivity index (χ3n) is 3.11. The van der Waals surface area contributed by atoms with Crippen LogP contribution in [-0.4, -0.2) is 22.8 Å². The fourth-order valence-corrected chi connectivity index (χ4v) is 1.81. The zero-order valence-electron chi connectivity index (χ0n) is 12.8. The summed E-state index contributed by atoms with van der Waals surface area (Å²) in [6, 6.07) is 11.2. The first-order valence-corrected chi connectivity index (χ1v) is 6.79. The van der Waals surface area contributed by atoms with Gasteiger partial charge in [-0.3, -0.25) is 19.4 Å². The highest BCUT2D eigenvalue weighted by Gasteiger charge is 2.03. The Bertz CT molecular complexity index is 785. The van der Waals surface area contributed by atoms with Crippen LogP contribution in [0, 0.1) is 0 Å². The monoisotopic (exact) mass is 298 g/mol. The molecule has 1 heterocycles. The lowest BCUT2D eigenvalue weighted by Gasteiger charge is -2.12. The van der Waals surface area contributed by atoms with Crippen LogP contribution in [0.3, 0.4) is 0 Å². The van der Waals surface area contributed by atoms with E-state index in [4.69, 9.17) is 0 Å². The van der Waals surface area contributed by atoms with Gasteiger partial charge >= 0.3 is 5.69 Å². The van der Waals surface area contributed by atoms with Crippen LogP contribution in [0.2, 0.25) is 0 Å². The summed E-state index contributed by atoms with van der Waals surface area (Å²) in [5.74, 6) is 0.344. The first-order chi connectivity index (χ1) is 10.5. The van der Waals surface area contributed by atoms with E-state index in [-0.39, 0.29) is 5.56 Å². The van der Waals surface area contributed by atoms with Gasteiger partial charge in [-0.15, -0.1) is 0 Å². The van der Waals surface area contributed by atoms with E-state index in [0.717, 1.165) is 15.7 Å². The third kappa shape index (κ3) is 3.82. The van der Waals surface area contributed by atoms with Gasteiger partial charge in [-0.1, -0.05) is 36.4 Å². The number of nitrogens with one attached hydrogen (secondary N) is 1.